The molecule has 0 saturated heterocycles. The number of aliphatic imine (C=N–C) groups is 1. The second-order valence-corrected chi connectivity index (χ2v) is 6.08. The van der Waals surface area contributed by atoms with Crippen LogP contribution >= 0.6 is 0 Å². The van der Waals surface area contributed by atoms with Crippen LogP contribution in [0.25, 0.3) is 17.3 Å². The lowest BCUT2D eigenvalue weighted by molar-refractivity contribution is 0.0999. The highest BCUT2D eigenvalue weighted by Crippen LogP contribution is 2.32. The topological polar surface area (TPSA) is 77.6 Å². The number of nitrogens with two attached hydrogens (primary N) is 1. The van der Waals surface area contributed by atoms with Gasteiger partial charge in [-0.2, -0.15) is 0 Å². The average Bonchev–Trinajstić information content (AvgIpc) is 2.67. The van der Waals surface area contributed by atoms with Gasteiger partial charge in [-0.05, 0) is 43.5 Å². The zero-order valence-corrected chi connectivity index (χ0v) is 15.3. The Morgan fingerprint density at radius 3 is 2.64 bits per heavy atom. The molecule has 0 aliphatic heterocycles. The van der Waals surface area contributed by atoms with Crippen molar-refractivity contribution in [1.29, 1.82) is 0 Å². The minimum atomic E-state index is -0.547. The molecule has 140 valence electrons. The molecule has 0 unspecified atom stereocenters. The molecule has 2 aromatic carbocycles. The first kappa shape index (κ1) is 19.0. The van der Waals surface area contributed by atoms with Crippen LogP contribution in [0.5, 0.6) is 11.5 Å². The third-order valence-corrected chi connectivity index (χ3v) is 4.20. The van der Waals surface area contributed by atoms with Crippen LogP contribution in [-0.4, -0.2) is 17.6 Å². The molecule has 0 fully saturated rings. The van der Waals surface area contributed by atoms with E-state index in [1.54, 1.807) is 43.5 Å². The SMILES string of the molecule is C=Cc1cc(Oc2ccnc(-c3ccc(C(N)=O)c(C)c3)c2)cc(F)c1N=C. The summed E-state index contributed by atoms with van der Waals surface area (Å²) in [5.41, 5.74) is 8.62. The second kappa shape index (κ2) is 7.84. The maximum atomic E-state index is 14.2. The molecule has 1 amide bonds. The minimum Gasteiger partial charge on any atom is -0.457 e. The number of halogens is 1. The second-order valence-electron chi connectivity index (χ2n) is 6.08. The van der Waals surface area contributed by atoms with Crippen molar-refractivity contribution in [3.05, 3.63) is 77.7 Å². The molecule has 1 heterocycles. The number of benzene rings is 2. The monoisotopic (exact) mass is 375 g/mol. The number of aromatic nitrogens is 1. The van der Waals surface area contributed by atoms with E-state index in [0.717, 1.165) is 11.1 Å². The number of nitrogens with zero attached hydrogens (tertiary/aromatic N) is 2. The van der Waals surface area contributed by atoms with Crippen molar-refractivity contribution in [2.24, 2.45) is 10.7 Å². The van der Waals surface area contributed by atoms with Crippen molar-refractivity contribution < 1.29 is 13.9 Å². The molecule has 2 N–H and O–H groups in total. The van der Waals surface area contributed by atoms with E-state index in [9.17, 15) is 9.18 Å². The first-order chi connectivity index (χ1) is 13.4. The Labute approximate surface area is 162 Å². The highest BCUT2D eigenvalue weighted by molar-refractivity contribution is 5.94. The third kappa shape index (κ3) is 3.81. The van der Waals surface area contributed by atoms with Crippen molar-refractivity contribution in [3.63, 3.8) is 0 Å². The van der Waals surface area contributed by atoms with Gasteiger partial charge in [-0.3, -0.25) is 14.8 Å². The normalized spacial score (nSPS) is 10.4. The van der Waals surface area contributed by atoms with Crippen LogP contribution in [0.1, 0.15) is 21.5 Å². The number of hydrogen-bond acceptors (Lipinski definition) is 4. The predicted molar refractivity (Wildman–Crippen MR) is 109 cm³/mol. The van der Waals surface area contributed by atoms with E-state index in [-0.39, 0.29) is 5.69 Å². The van der Waals surface area contributed by atoms with E-state index in [1.807, 2.05) is 6.07 Å². The Bertz CT molecular complexity index is 1090. The quantitative estimate of drug-likeness (QED) is 0.612. The van der Waals surface area contributed by atoms with Crippen molar-refractivity contribution in [2.45, 2.75) is 6.92 Å². The van der Waals surface area contributed by atoms with Crippen molar-refractivity contribution in [3.8, 4) is 22.8 Å². The van der Waals surface area contributed by atoms with Crippen LogP contribution < -0.4 is 10.5 Å². The van der Waals surface area contributed by atoms with Gasteiger partial charge in [0.25, 0.3) is 0 Å². The summed E-state index contributed by atoms with van der Waals surface area (Å²) in [4.78, 5) is 19.4. The summed E-state index contributed by atoms with van der Waals surface area (Å²) in [5.74, 6) is -0.242. The lowest BCUT2D eigenvalue weighted by Crippen LogP contribution is -2.12. The number of carbonyl (C=O) groups is 1. The molecule has 0 aliphatic rings. The van der Waals surface area contributed by atoms with Crippen LogP contribution in [0.15, 0.2) is 60.2 Å². The number of rotatable bonds is 6. The van der Waals surface area contributed by atoms with Crippen molar-refractivity contribution in [2.75, 3.05) is 0 Å². The molecule has 0 bridgehead atoms. The standard InChI is InChI=1S/C22H18FN3O2/c1-4-14-10-17(11-19(23)21(14)25-3)28-16-7-8-26-20(12-16)15-5-6-18(22(24)27)13(2)9-15/h4-12H,1,3H2,2H3,(H2,24,27). The van der Waals surface area contributed by atoms with Gasteiger partial charge in [0.15, 0.2) is 5.82 Å². The zero-order valence-electron chi connectivity index (χ0n) is 15.3. The Morgan fingerprint density at radius 1 is 1.21 bits per heavy atom. The number of ether oxygens (including phenoxy) is 1. The van der Waals surface area contributed by atoms with Crippen molar-refractivity contribution >= 4 is 24.4 Å². The molecule has 0 atom stereocenters. The average molecular weight is 375 g/mol. The molecule has 0 aliphatic carbocycles. The van der Waals surface area contributed by atoms with E-state index in [0.29, 0.717) is 28.3 Å². The summed E-state index contributed by atoms with van der Waals surface area (Å²) in [6, 6.07) is 11.5. The maximum absolute atomic E-state index is 14.2. The van der Waals surface area contributed by atoms with E-state index < -0.39 is 11.7 Å². The highest BCUT2D eigenvalue weighted by atomic mass is 19.1. The first-order valence-electron chi connectivity index (χ1n) is 8.40. The molecule has 28 heavy (non-hydrogen) atoms. The maximum Gasteiger partial charge on any atom is 0.248 e. The van der Waals surface area contributed by atoms with Gasteiger partial charge in [0.1, 0.15) is 17.2 Å². The summed E-state index contributed by atoms with van der Waals surface area (Å²) in [7, 11) is 0. The largest absolute Gasteiger partial charge is 0.457 e. The zero-order chi connectivity index (χ0) is 20.3. The van der Waals surface area contributed by atoms with Gasteiger partial charge in [-0.25, -0.2) is 4.39 Å². The smallest absolute Gasteiger partial charge is 0.248 e. The molecular formula is C22H18FN3O2. The summed E-state index contributed by atoms with van der Waals surface area (Å²) in [6.45, 7) is 8.83. The molecule has 0 radical (unpaired) electrons. The number of carbonyl (C=O) groups excluding carboxylic acids is 1. The fraction of sp³-hybridized carbons (Fsp3) is 0.0455. The van der Waals surface area contributed by atoms with Crippen LogP contribution in [-0.2, 0) is 0 Å². The fourth-order valence-electron chi connectivity index (χ4n) is 2.84. The van der Waals surface area contributed by atoms with Gasteiger partial charge in [-0.1, -0.05) is 18.7 Å². The minimum absolute atomic E-state index is 0.128. The summed E-state index contributed by atoms with van der Waals surface area (Å²) in [5, 5.41) is 0. The Morgan fingerprint density at radius 2 is 2.00 bits per heavy atom. The number of aryl methyl sites for hydroxylation is 1. The van der Waals surface area contributed by atoms with Crippen LogP contribution in [0.2, 0.25) is 0 Å². The van der Waals surface area contributed by atoms with Crippen LogP contribution in [0.4, 0.5) is 10.1 Å². The van der Waals surface area contributed by atoms with Crippen LogP contribution in [0, 0.1) is 12.7 Å². The van der Waals surface area contributed by atoms with Gasteiger partial charge >= 0.3 is 0 Å². The molecule has 0 saturated carbocycles. The molecular weight excluding hydrogens is 357 g/mol. The van der Waals surface area contributed by atoms with E-state index in [1.165, 1.54) is 12.1 Å². The molecule has 0 spiro atoms. The summed E-state index contributed by atoms with van der Waals surface area (Å²) >= 11 is 0. The number of pyridine rings is 1. The highest BCUT2D eigenvalue weighted by Gasteiger charge is 2.11. The van der Waals surface area contributed by atoms with Gasteiger partial charge in [0.05, 0.1) is 5.69 Å². The predicted octanol–water partition coefficient (Wildman–Crippen LogP) is 5.06. The number of hydrogen-bond donors (Lipinski definition) is 1. The Kier molecular flexibility index (Phi) is 5.31. The molecule has 3 rings (SSSR count). The molecule has 6 heteroatoms. The molecule has 5 nitrogen and oxygen atoms in total. The number of primary amides is 1. The van der Waals surface area contributed by atoms with Gasteiger partial charge < -0.3 is 10.5 Å². The van der Waals surface area contributed by atoms with E-state index in [4.69, 9.17) is 10.5 Å². The van der Waals surface area contributed by atoms with Crippen LogP contribution in [0.3, 0.4) is 0 Å². The fourth-order valence-corrected chi connectivity index (χ4v) is 2.84. The lowest BCUT2D eigenvalue weighted by atomic mass is 10.0. The third-order valence-electron chi connectivity index (χ3n) is 4.20. The first-order valence-corrected chi connectivity index (χ1v) is 8.40. The molecule has 1 aromatic heterocycles. The Balaban J connectivity index is 1.93. The number of amides is 1. The Hall–Kier alpha value is -3.80. The molecule has 3 aromatic rings. The van der Waals surface area contributed by atoms with Gasteiger partial charge in [0.2, 0.25) is 5.91 Å². The lowest BCUT2D eigenvalue weighted by Gasteiger charge is -2.11. The summed E-state index contributed by atoms with van der Waals surface area (Å²) in [6.07, 6.45) is 3.08. The summed E-state index contributed by atoms with van der Waals surface area (Å²) < 4.78 is 20.0. The van der Waals surface area contributed by atoms with E-state index >= 15 is 0 Å². The van der Waals surface area contributed by atoms with E-state index in [2.05, 4.69) is 23.3 Å². The van der Waals surface area contributed by atoms with Crippen molar-refractivity contribution in [1.82, 2.24) is 4.98 Å². The van der Waals surface area contributed by atoms with Gasteiger partial charge in [-0.15, -0.1) is 0 Å². The van der Waals surface area contributed by atoms with Gasteiger partial charge in [0, 0.05) is 35.0 Å².